The highest BCUT2D eigenvalue weighted by Gasteiger charge is 2.49. The third-order valence-corrected chi connectivity index (χ3v) is 33.1. The van der Waals surface area contributed by atoms with Crippen LogP contribution in [0.25, 0.3) is 0 Å². The second kappa shape index (κ2) is 24.0. The van der Waals surface area contributed by atoms with Gasteiger partial charge in [-0.25, -0.2) is 0 Å². The van der Waals surface area contributed by atoms with E-state index in [2.05, 4.69) is 79.7 Å². The summed E-state index contributed by atoms with van der Waals surface area (Å²) in [6.45, 7) is 27.4. The Morgan fingerprint density at radius 3 is 1.73 bits per heavy atom. The van der Waals surface area contributed by atoms with Crippen molar-refractivity contribution in [3.63, 3.8) is 0 Å². The van der Waals surface area contributed by atoms with Gasteiger partial charge in [0.15, 0.2) is 16.6 Å². The first-order valence-electron chi connectivity index (χ1n) is 18.1. The molecule has 6 atom stereocenters. The largest absolute Gasteiger partial charge is 0.465 e. The zero-order chi connectivity index (χ0) is 33.9. The minimum atomic E-state index is -2.80. The van der Waals surface area contributed by atoms with Crippen molar-refractivity contribution >= 4 is 57.6 Å². The molecule has 2 rings (SSSR count). The van der Waals surface area contributed by atoms with Crippen molar-refractivity contribution in [1.82, 2.24) is 0 Å². The van der Waals surface area contributed by atoms with Gasteiger partial charge in [0.05, 0.1) is 24.7 Å². The van der Waals surface area contributed by atoms with Crippen molar-refractivity contribution < 1.29 is 34.8 Å². The third kappa shape index (κ3) is 21.1. The van der Waals surface area contributed by atoms with Crippen molar-refractivity contribution in [2.45, 2.75) is 210 Å². The summed E-state index contributed by atoms with van der Waals surface area (Å²) in [5.41, 5.74) is 0. The van der Waals surface area contributed by atoms with E-state index in [0.29, 0.717) is 19.1 Å². The van der Waals surface area contributed by atoms with Gasteiger partial charge in [-0.15, -0.1) is 0 Å². The zero-order valence-corrected chi connectivity index (χ0v) is 37.3. The predicted molar refractivity (Wildman–Crippen MR) is 227 cm³/mol. The normalized spacial score (nSPS) is 22.0. The number of unbranched alkanes of at least 4 members (excludes halogenated alkanes) is 3. The van der Waals surface area contributed by atoms with Gasteiger partial charge in [-0.2, -0.15) is 0 Å². The molecule has 1 aliphatic heterocycles. The molecule has 0 amide bonds. The molecule has 298 valence electrons. The van der Waals surface area contributed by atoms with Gasteiger partial charge in [0, 0.05) is 0 Å². The molecule has 0 bridgehead atoms. The van der Waals surface area contributed by atoms with Crippen LogP contribution in [0.1, 0.15) is 115 Å². The summed E-state index contributed by atoms with van der Waals surface area (Å²) < 4.78 is 46.5. The maximum atomic E-state index is 12.8. The quantitative estimate of drug-likeness (QED) is 0.0413. The number of carbonyl (C=O) groups is 1. The molecule has 0 radical (unpaired) electrons. The SMILES string of the molecule is C.C.C.C.CCCC[Si](C)(C)O[SiH](C)O[Si](C)(CCCC)O[Si](C)(CCCOC(=O)C1CCC2OC2C1)O[Si](C)(C)O[Si](C)(C)CCCC. The minimum Gasteiger partial charge on any atom is -0.465 e. The molecular formula is C35H86O8Si6. The standard InChI is InChI=1S/C31H70O8Si6.4CH4/c1-13-16-23-41(5,6)35-40(4)36-44(11,25-18-15-3)39-45(12,38-43(9,10)37-42(7,8)24-17-14-2)26-19-22-33-31(32)28-20-21-29-30(27-28)34-29;;;;/h28-30,40H,13-27H2,1-12H3;4*1H4. The lowest BCUT2D eigenvalue weighted by Crippen LogP contribution is -2.60. The van der Waals surface area contributed by atoms with Crippen molar-refractivity contribution in [3.05, 3.63) is 0 Å². The maximum absolute atomic E-state index is 12.8. The number of hydrogen-bond acceptors (Lipinski definition) is 8. The van der Waals surface area contributed by atoms with E-state index in [4.69, 9.17) is 30.0 Å². The van der Waals surface area contributed by atoms with Crippen molar-refractivity contribution in [3.8, 4) is 0 Å². The molecule has 1 saturated heterocycles. The van der Waals surface area contributed by atoms with Crippen LogP contribution in [0, 0.1) is 5.92 Å². The van der Waals surface area contributed by atoms with Crippen molar-refractivity contribution in [2.24, 2.45) is 5.92 Å². The molecule has 49 heavy (non-hydrogen) atoms. The topological polar surface area (TPSA) is 85.0 Å². The summed E-state index contributed by atoms with van der Waals surface area (Å²) in [4.78, 5) is 12.8. The van der Waals surface area contributed by atoms with Gasteiger partial charge in [0.2, 0.25) is 0 Å². The maximum Gasteiger partial charge on any atom is 0.317 e. The Labute approximate surface area is 313 Å². The van der Waals surface area contributed by atoms with Crippen molar-refractivity contribution in [2.75, 3.05) is 6.61 Å². The second-order valence-corrected chi connectivity index (χ2v) is 37.4. The summed E-state index contributed by atoms with van der Waals surface area (Å²) in [6.07, 6.45) is 10.9. The van der Waals surface area contributed by atoms with Gasteiger partial charge in [-0.1, -0.05) is 89.0 Å². The van der Waals surface area contributed by atoms with Crippen LogP contribution in [-0.2, 0) is 34.8 Å². The van der Waals surface area contributed by atoms with Crippen LogP contribution in [0.5, 0.6) is 0 Å². The fourth-order valence-electron chi connectivity index (χ4n) is 6.86. The first-order valence-corrected chi connectivity index (χ1v) is 34.3. The molecule has 6 unspecified atom stereocenters. The monoisotopic (exact) mass is 802 g/mol. The number of carbonyl (C=O) groups excluding carboxylic acids is 1. The molecule has 14 heteroatoms. The predicted octanol–water partition coefficient (Wildman–Crippen LogP) is 11.6. The van der Waals surface area contributed by atoms with Gasteiger partial charge in [0.1, 0.15) is 0 Å². The molecule has 2 fully saturated rings. The summed E-state index contributed by atoms with van der Waals surface area (Å²) in [6, 6.07) is 3.96. The first kappa shape index (κ1) is 53.9. The van der Waals surface area contributed by atoms with Crippen LogP contribution in [0.2, 0.25) is 83.1 Å². The van der Waals surface area contributed by atoms with Crippen LogP contribution < -0.4 is 0 Å². The van der Waals surface area contributed by atoms with Crippen LogP contribution in [0.3, 0.4) is 0 Å². The highest BCUT2D eigenvalue weighted by molar-refractivity contribution is 6.90. The van der Waals surface area contributed by atoms with E-state index in [0.717, 1.165) is 56.3 Å². The Kier molecular flexibility index (Phi) is 26.4. The van der Waals surface area contributed by atoms with E-state index < -0.39 is 51.6 Å². The average molecular weight is 804 g/mol. The van der Waals surface area contributed by atoms with Crippen molar-refractivity contribution in [1.29, 1.82) is 0 Å². The van der Waals surface area contributed by atoms with Gasteiger partial charge in [-0.3, -0.25) is 4.79 Å². The van der Waals surface area contributed by atoms with E-state index in [1.54, 1.807) is 0 Å². The fourth-order valence-corrected chi connectivity index (χ4v) is 35.5. The molecule has 0 spiro atoms. The Balaban J connectivity index is -0.00000529. The highest BCUT2D eigenvalue weighted by Crippen LogP contribution is 2.40. The lowest BCUT2D eigenvalue weighted by Gasteiger charge is -2.44. The van der Waals surface area contributed by atoms with Gasteiger partial charge in [-0.05, 0) is 109 Å². The second-order valence-electron chi connectivity index (χ2n) is 15.6. The van der Waals surface area contributed by atoms with Gasteiger partial charge < -0.3 is 30.0 Å². The summed E-state index contributed by atoms with van der Waals surface area (Å²) in [5, 5.41) is 0. The minimum absolute atomic E-state index is 0. The Morgan fingerprint density at radius 2 is 1.18 bits per heavy atom. The molecule has 2 aliphatic rings. The third-order valence-electron chi connectivity index (χ3n) is 8.92. The lowest BCUT2D eigenvalue weighted by molar-refractivity contribution is -0.149. The highest BCUT2D eigenvalue weighted by atomic mass is 28.5. The van der Waals surface area contributed by atoms with E-state index in [1.165, 1.54) is 25.7 Å². The summed E-state index contributed by atoms with van der Waals surface area (Å²) in [7, 11) is -13.6. The number of fused-ring (bicyclic) bond motifs is 1. The number of rotatable bonds is 24. The van der Waals surface area contributed by atoms with E-state index in [-0.39, 0.29) is 47.7 Å². The van der Waals surface area contributed by atoms with Gasteiger partial charge in [0.25, 0.3) is 9.28 Å². The average Bonchev–Trinajstić information content (AvgIpc) is 3.69. The molecule has 1 saturated carbocycles. The Bertz CT molecular complexity index is 898. The molecule has 0 aromatic heterocycles. The van der Waals surface area contributed by atoms with Crippen LogP contribution in [-0.4, -0.2) is 76.4 Å². The first-order chi connectivity index (χ1) is 20.9. The Hall–Kier alpha value is 0.531. The van der Waals surface area contributed by atoms with Crippen LogP contribution in [0.15, 0.2) is 0 Å². The van der Waals surface area contributed by atoms with E-state index in [9.17, 15) is 4.79 Å². The fraction of sp³-hybridized carbons (Fsp3) is 0.971. The molecule has 0 aromatic rings. The van der Waals surface area contributed by atoms with E-state index in [1.807, 2.05) is 0 Å². The molecule has 1 heterocycles. The number of epoxide rings is 1. The number of ether oxygens (including phenoxy) is 2. The van der Waals surface area contributed by atoms with Crippen LogP contribution in [0.4, 0.5) is 0 Å². The summed E-state index contributed by atoms with van der Waals surface area (Å²) >= 11 is 0. The summed E-state index contributed by atoms with van der Waals surface area (Å²) in [5.74, 6) is -0.108. The molecular weight excluding hydrogens is 717 g/mol. The molecule has 0 N–H and O–H groups in total. The van der Waals surface area contributed by atoms with Crippen LogP contribution >= 0.6 is 0 Å². The van der Waals surface area contributed by atoms with E-state index >= 15 is 0 Å². The molecule has 0 aromatic carbocycles. The smallest absolute Gasteiger partial charge is 0.317 e. The molecule has 8 nitrogen and oxygen atoms in total. The van der Waals surface area contributed by atoms with Gasteiger partial charge >= 0.3 is 31.7 Å². The Morgan fingerprint density at radius 1 is 0.653 bits per heavy atom. The zero-order valence-electron chi connectivity index (χ0n) is 31.2. The number of esters is 1. The lowest BCUT2D eigenvalue weighted by atomic mass is 9.89. The number of hydrogen-bond donors (Lipinski definition) is 0. The molecule has 1 aliphatic carbocycles.